The van der Waals surface area contributed by atoms with Crippen molar-refractivity contribution < 1.29 is 18.7 Å². The average Bonchev–Trinajstić information content (AvgIpc) is 3.39. The van der Waals surface area contributed by atoms with Crippen LogP contribution >= 0.6 is 0 Å². The molecule has 0 radical (unpaired) electrons. The molecule has 0 saturated carbocycles. The topological polar surface area (TPSA) is 83.8 Å². The van der Waals surface area contributed by atoms with Crippen LogP contribution in [-0.2, 0) is 17.9 Å². The standard InChI is InChI=1S/C27H31N3O4/c1-20-6-2-3-14-30(20)18-22-12-10-21(11-13-22)17-28-26(31)19-34-24-8-4-7-23(16-24)29-27(32)25-9-5-15-33-25/h4-5,7-13,15-16,20H,2-3,6,14,17-19H2,1H3,(H,28,31)(H,29,32). The summed E-state index contributed by atoms with van der Waals surface area (Å²) in [4.78, 5) is 26.9. The maximum atomic E-state index is 12.2. The van der Waals surface area contributed by atoms with Gasteiger partial charge in [-0.1, -0.05) is 36.8 Å². The summed E-state index contributed by atoms with van der Waals surface area (Å²) in [7, 11) is 0. The zero-order valence-electron chi connectivity index (χ0n) is 19.5. The predicted molar refractivity (Wildman–Crippen MR) is 131 cm³/mol. The van der Waals surface area contributed by atoms with Gasteiger partial charge in [-0.15, -0.1) is 0 Å². The van der Waals surface area contributed by atoms with Crippen LogP contribution in [0.1, 0.15) is 47.9 Å². The molecule has 0 aliphatic carbocycles. The van der Waals surface area contributed by atoms with Gasteiger partial charge in [0.25, 0.3) is 11.8 Å². The molecule has 1 aliphatic heterocycles. The van der Waals surface area contributed by atoms with E-state index in [0.717, 1.165) is 18.7 Å². The van der Waals surface area contributed by atoms with Gasteiger partial charge in [-0.2, -0.15) is 0 Å². The fourth-order valence-corrected chi connectivity index (χ4v) is 4.05. The normalized spacial score (nSPS) is 16.1. The zero-order valence-corrected chi connectivity index (χ0v) is 19.5. The minimum atomic E-state index is -0.351. The van der Waals surface area contributed by atoms with Crippen molar-refractivity contribution in [3.05, 3.63) is 83.8 Å². The van der Waals surface area contributed by atoms with Crippen LogP contribution in [0.15, 0.2) is 71.3 Å². The number of hydrogen-bond acceptors (Lipinski definition) is 5. The first-order valence-electron chi connectivity index (χ1n) is 11.7. The number of furan rings is 1. The van der Waals surface area contributed by atoms with Gasteiger partial charge in [0.1, 0.15) is 5.75 Å². The molecule has 1 unspecified atom stereocenters. The molecule has 2 aromatic carbocycles. The summed E-state index contributed by atoms with van der Waals surface area (Å²) in [5.74, 6) is 0.149. The lowest BCUT2D eigenvalue weighted by atomic mass is 10.0. The van der Waals surface area contributed by atoms with E-state index in [1.165, 1.54) is 31.1 Å². The van der Waals surface area contributed by atoms with Gasteiger partial charge in [-0.25, -0.2) is 0 Å². The van der Waals surface area contributed by atoms with E-state index in [0.29, 0.717) is 24.0 Å². The first-order valence-corrected chi connectivity index (χ1v) is 11.7. The lowest BCUT2D eigenvalue weighted by molar-refractivity contribution is -0.123. The third kappa shape index (κ3) is 6.71. The van der Waals surface area contributed by atoms with Crippen LogP contribution in [0.3, 0.4) is 0 Å². The number of anilines is 1. The molecule has 1 aliphatic rings. The SMILES string of the molecule is CC1CCCCN1Cc1ccc(CNC(=O)COc2cccc(NC(=O)c3ccco3)c2)cc1. The number of carbonyl (C=O) groups excluding carboxylic acids is 2. The lowest BCUT2D eigenvalue weighted by Crippen LogP contribution is -2.36. The number of piperidine rings is 1. The number of nitrogens with one attached hydrogen (secondary N) is 2. The fourth-order valence-electron chi connectivity index (χ4n) is 4.05. The Kier molecular flexibility index (Phi) is 7.99. The molecule has 7 heteroatoms. The summed E-state index contributed by atoms with van der Waals surface area (Å²) in [5.41, 5.74) is 2.90. The molecule has 4 rings (SSSR count). The lowest BCUT2D eigenvalue weighted by Gasteiger charge is -2.33. The Hall–Kier alpha value is -3.58. The van der Waals surface area contributed by atoms with Gasteiger partial charge in [-0.05, 0) is 61.7 Å². The highest BCUT2D eigenvalue weighted by atomic mass is 16.5. The molecule has 178 valence electrons. The first kappa shape index (κ1) is 23.6. The highest BCUT2D eigenvalue weighted by Crippen LogP contribution is 2.20. The van der Waals surface area contributed by atoms with Crippen molar-refractivity contribution in [1.29, 1.82) is 0 Å². The number of nitrogens with zero attached hydrogens (tertiary/aromatic N) is 1. The van der Waals surface area contributed by atoms with E-state index < -0.39 is 0 Å². The van der Waals surface area contributed by atoms with Crippen molar-refractivity contribution in [1.82, 2.24) is 10.2 Å². The number of likely N-dealkylation sites (tertiary alicyclic amines) is 1. The van der Waals surface area contributed by atoms with Crippen LogP contribution in [0.2, 0.25) is 0 Å². The van der Waals surface area contributed by atoms with Crippen molar-refractivity contribution in [3.8, 4) is 5.75 Å². The summed E-state index contributed by atoms with van der Waals surface area (Å²) in [6, 6.07) is 19.2. The molecule has 2 N–H and O–H groups in total. The van der Waals surface area contributed by atoms with E-state index in [1.54, 1.807) is 36.4 Å². The monoisotopic (exact) mass is 461 g/mol. The van der Waals surface area contributed by atoms with Gasteiger partial charge in [0, 0.05) is 30.9 Å². The van der Waals surface area contributed by atoms with E-state index in [9.17, 15) is 9.59 Å². The molecule has 2 amide bonds. The molecule has 1 fully saturated rings. The average molecular weight is 462 g/mol. The van der Waals surface area contributed by atoms with Crippen molar-refractivity contribution in [2.24, 2.45) is 0 Å². The van der Waals surface area contributed by atoms with Crippen LogP contribution in [-0.4, -0.2) is 35.9 Å². The second-order valence-corrected chi connectivity index (χ2v) is 8.66. The van der Waals surface area contributed by atoms with E-state index in [-0.39, 0.29) is 24.2 Å². The second kappa shape index (κ2) is 11.5. The Morgan fingerprint density at radius 2 is 1.88 bits per heavy atom. The van der Waals surface area contributed by atoms with E-state index in [4.69, 9.17) is 9.15 Å². The zero-order chi connectivity index (χ0) is 23.8. The molecular formula is C27H31N3O4. The van der Waals surface area contributed by atoms with Gasteiger partial charge >= 0.3 is 0 Å². The van der Waals surface area contributed by atoms with Crippen LogP contribution in [0.4, 0.5) is 5.69 Å². The van der Waals surface area contributed by atoms with Crippen molar-refractivity contribution >= 4 is 17.5 Å². The number of amides is 2. The largest absolute Gasteiger partial charge is 0.484 e. The molecular weight excluding hydrogens is 430 g/mol. The number of rotatable bonds is 9. The van der Waals surface area contributed by atoms with Gasteiger partial charge in [0.2, 0.25) is 0 Å². The molecule has 2 heterocycles. The molecule has 1 saturated heterocycles. The third-order valence-electron chi connectivity index (χ3n) is 6.05. The number of ether oxygens (including phenoxy) is 1. The van der Waals surface area contributed by atoms with Crippen molar-refractivity contribution in [2.45, 2.75) is 45.3 Å². The first-order chi connectivity index (χ1) is 16.6. The van der Waals surface area contributed by atoms with Gasteiger partial charge in [-0.3, -0.25) is 14.5 Å². The highest BCUT2D eigenvalue weighted by molar-refractivity contribution is 6.02. The quantitative estimate of drug-likeness (QED) is 0.487. The summed E-state index contributed by atoms with van der Waals surface area (Å²) >= 11 is 0. The Bertz CT molecular complexity index is 1080. The number of carbonyl (C=O) groups is 2. The molecule has 1 aromatic heterocycles. The fraction of sp³-hybridized carbons (Fsp3) is 0.333. The van der Waals surface area contributed by atoms with Gasteiger partial charge < -0.3 is 19.8 Å². The van der Waals surface area contributed by atoms with Crippen molar-refractivity contribution in [3.63, 3.8) is 0 Å². The summed E-state index contributed by atoms with van der Waals surface area (Å²) in [5, 5.41) is 5.62. The molecule has 34 heavy (non-hydrogen) atoms. The summed E-state index contributed by atoms with van der Waals surface area (Å²) in [6.07, 6.45) is 5.32. The van der Waals surface area contributed by atoms with E-state index in [1.807, 2.05) is 0 Å². The predicted octanol–water partition coefficient (Wildman–Crippen LogP) is 4.60. The molecule has 0 bridgehead atoms. The van der Waals surface area contributed by atoms with Crippen LogP contribution < -0.4 is 15.4 Å². The number of hydrogen-bond donors (Lipinski definition) is 2. The van der Waals surface area contributed by atoms with E-state index >= 15 is 0 Å². The summed E-state index contributed by atoms with van der Waals surface area (Å²) < 4.78 is 10.7. The minimum Gasteiger partial charge on any atom is -0.484 e. The van der Waals surface area contributed by atoms with Crippen LogP contribution in [0, 0.1) is 0 Å². The highest BCUT2D eigenvalue weighted by Gasteiger charge is 2.18. The van der Waals surface area contributed by atoms with Gasteiger partial charge in [0.15, 0.2) is 12.4 Å². The Balaban J connectivity index is 1.20. The Morgan fingerprint density at radius 1 is 1.06 bits per heavy atom. The maximum absolute atomic E-state index is 12.2. The Labute approximate surface area is 200 Å². The van der Waals surface area contributed by atoms with Gasteiger partial charge in [0.05, 0.1) is 6.26 Å². The summed E-state index contributed by atoms with van der Waals surface area (Å²) in [6.45, 7) is 4.78. The smallest absolute Gasteiger partial charge is 0.291 e. The third-order valence-corrected chi connectivity index (χ3v) is 6.05. The number of benzene rings is 2. The second-order valence-electron chi connectivity index (χ2n) is 8.66. The van der Waals surface area contributed by atoms with Crippen LogP contribution in [0.5, 0.6) is 5.75 Å². The molecule has 3 aromatic rings. The minimum absolute atomic E-state index is 0.111. The molecule has 7 nitrogen and oxygen atoms in total. The Morgan fingerprint density at radius 3 is 2.65 bits per heavy atom. The van der Waals surface area contributed by atoms with E-state index in [2.05, 4.69) is 46.7 Å². The molecule has 1 atom stereocenters. The maximum Gasteiger partial charge on any atom is 0.291 e. The van der Waals surface area contributed by atoms with Crippen molar-refractivity contribution in [2.75, 3.05) is 18.5 Å². The van der Waals surface area contributed by atoms with Crippen LogP contribution in [0.25, 0.3) is 0 Å². The molecule has 0 spiro atoms.